The first kappa shape index (κ1) is 22.2. The van der Waals surface area contributed by atoms with Crippen molar-refractivity contribution in [3.63, 3.8) is 0 Å². The summed E-state index contributed by atoms with van der Waals surface area (Å²) in [5.74, 6) is 0. The molecule has 0 amide bonds. The predicted octanol–water partition coefficient (Wildman–Crippen LogP) is 6.16. The number of hydrogen-bond acceptors (Lipinski definition) is 3. The Balaban J connectivity index is 0.000000183. The maximum absolute atomic E-state index is 4.31. The summed E-state index contributed by atoms with van der Waals surface area (Å²) in [6.07, 6.45) is 3.38. The summed E-state index contributed by atoms with van der Waals surface area (Å²) >= 11 is 0. The van der Waals surface area contributed by atoms with Crippen LogP contribution in [0.1, 0.15) is 0 Å². The van der Waals surface area contributed by atoms with Crippen molar-refractivity contribution in [2.45, 2.75) is 0 Å². The smallest absolute Gasteiger partial charge is 0.106 e. The molecule has 5 rings (SSSR count). The molecule has 0 bridgehead atoms. The Hall–Kier alpha value is -3.46. The minimum atomic E-state index is 0. The van der Waals surface area contributed by atoms with Gasteiger partial charge >= 0.3 is 0 Å². The third-order valence-corrected chi connectivity index (χ3v) is 4.37. The molecule has 5 aromatic rings. The van der Waals surface area contributed by atoms with E-state index in [0.717, 1.165) is 33.8 Å². The van der Waals surface area contributed by atoms with Gasteiger partial charge in [0.25, 0.3) is 0 Å². The van der Waals surface area contributed by atoms with Gasteiger partial charge in [0.1, 0.15) is 6.33 Å². The summed E-state index contributed by atoms with van der Waals surface area (Å²) in [6, 6.07) is 39.9. The van der Waals surface area contributed by atoms with E-state index in [9.17, 15) is 0 Å². The molecule has 0 atom stereocenters. The number of aromatic nitrogens is 3. The second-order valence-electron chi connectivity index (χ2n) is 6.42. The third-order valence-electron chi connectivity index (χ3n) is 4.37. The van der Waals surface area contributed by atoms with Crippen LogP contribution in [0.15, 0.2) is 116 Å². The van der Waals surface area contributed by atoms with E-state index >= 15 is 0 Å². The molecule has 0 aliphatic heterocycles. The van der Waals surface area contributed by atoms with Crippen molar-refractivity contribution in [1.82, 2.24) is 15.0 Å². The van der Waals surface area contributed by atoms with Gasteiger partial charge in [-0.15, -0.1) is 71.8 Å². The Morgan fingerprint density at radius 2 is 1.13 bits per heavy atom. The zero-order valence-electron chi connectivity index (χ0n) is 16.6. The minimum Gasteiger partial charge on any atom is -0.305 e. The van der Waals surface area contributed by atoms with Gasteiger partial charge in [-0.1, -0.05) is 48.5 Å². The van der Waals surface area contributed by atoms with Crippen LogP contribution < -0.4 is 0 Å². The van der Waals surface area contributed by atoms with Gasteiger partial charge in [0.05, 0.1) is 5.69 Å². The molecular formula is C27H19IrN3-2. The molecule has 0 aliphatic rings. The van der Waals surface area contributed by atoms with E-state index in [1.165, 1.54) is 0 Å². The van der Waals surface area contributed by atoms with E-state index in [1.807, 2.05) is 103 Å². The molecule has 0 aliphatic carbocycles. The average molecular weight is 578 g/mol. The van der Waals surface area contributed by atoms with Crippen molar-refractivity contribution < 1.29 is 20.1 Å². The quantitative estimate of drug-likeness (QED) is 0.241. The van der Waals surface area contributed by atoms with E-state index in [4.69, 9.17) is 0 Å². The largest absolute Gasteiger partial charge is 0.305 e. The number of rotatable bonds is 3. The van der Waals surface area contributed by atoms with Crippen LogP contribution in [0.3, 0.4) is 0 Å². The molecular weight excluding hydrogens is 559 g/mol. The fourth-order valence-electron chi connectivity index (χ4n) is 2.90. The van der Waals surface area contributed by atoms with Crippen LogP contribution in [0.4, 0.5) is 0 Å². The van der Waals surface area contributed by atoms with Gasteiger partial charge < -0.3 is 4.98 Å². The summed E-state index contributed by atoms with van der Waals surface area (Å²) in [5.41, 5.74) is 5.91. The number of nitrogens with zero attached hydrogens (tertiary/aromatic N) is 3. The molecule has 2 aromatic heterocycles. The van der Waals surface area contributed by atoms with E-state index in [1.54, 1.807) is 12.5 Å². The van der Waals surface area contributed by atoms with Crippen molar-refractivity contribution in [3.05, 3.63) is 128 Å². The zero-order chi connectivity index (χ0) is 20.4. The summed E-state index contributed by atoms with van der Waals surface area (Å²) < 4.78 is 0. The van der Waals surface area contributed by atoms with Crippen LogP contribution in [0.5, 0.6) is 0 Å². The molecule has 31 heavy (non-hydrogen) atoms. The Kier molecular flexibility index (Phi) is 8.36. The molecule has 3 aromatic carbocycles. The van der Waals surface area contributed by atoms with Gasteiger partial charge in [0.15, 0.2) is 0 Å². The van der Waals surface area contributed by atoms with E-state index in [-0.39, 0.29) is 20.1 Å². The molecule has 4 heteroatoms. The summed E-state index contributed by atoms with van der Waals surface area (Å²) in [6.45, 7) is 0. The van der Waals surface area contributed by atoms with Gasteiger partial charge in [-0.2, -0.15) is 0 Å². The van der Waals surface area contributed by atoms with Gasteiger partial charge in [-0.25, -0.2) is 4.98 Å². The normalized spacial score (nSPS) is 9.68. The van der Waals surface area contributed by atoms with Gasteiger partial charge in [0.2, 0.25) is 0 Å². The topological polar surface area (TPSA) is 38.7 Å². The van der Waals surface area contributed by atoms with E-state index < -0.39 is 0 Å². The van der Waals surface area contributed by atoms with Crippen molar-refractivity contribution in [1.29, 1.82) is 0 Å². The molecule has 1 radical (unpaired) electrons. The Morgan fingerprint density at radius 1 is 0.516 bits per heavy atom. The van der Waals surface area contributed by atoms with Crippen LogP contribution in [-0.4, -0.2) is 15.0 Å². The summed E-state index contributed by atoms with van der Waals surface area (Å²) in [7, 11) is 0. The Morgan fingerprint density at radius 3 is 1.74 bits per heavy atom. The van der Waals surface area contributed by atoms with Crippen LogP contribution >= 0.6 is 0 Å². The molecule has 153 valence electrons. The van der Waals surface area contributed by atoms with E-state index in [2.05, 4.69) is 27.1 Å². The SMILES string of the molecule is [Ir].[c-]1ccccc1-c1cc(-c2ccccc2)ncn1.[c-]1ccccc1-c1ccccn1. The van der Waals surface area contributed by atoms with Crippen molar-refractivity contribution in [2.24, 2.45) is 0 Å². The fourth-order valence-corrected chi connectivity index (χ4v) is 2.90. The standard InChI is InChI=1S/C16H11N2.C11H8N.Ir/c1-3-7-13(8-4-1)15-11-16(18-12-17-15)14-9-5-2-6-10-14;1-2-6-10(7-3-1)11-8-4-5-9-12-11;/h1-9,11-12H;1-6,8-9H;/q2*-1;. The van der Waals surface area contributed by atoms with Crippen molar-refractivity contribution >= 4 is 0 Å². The maximum atomic E-state index is 4.31. The molecule has 0 fully saturated rings. The van der Waals surface area contributed by atoms with Crippen LogP contribution in [0.2, 0.25) is 0 Å². The molecule has 2 heterocycles. The third kappa shape index (κ3) is 6.26. The van der Waals surface area contributed by atoms with Crippen molar-refractivity contribution in [2.75, 3.05) is 0 Å². The summed E-state index contributed by atoms with van der Waals surface area (Å²) in [5, 5.41) is 0. The Bertz CT molecular complexity index is 1070. The number of hydrogen-bond donors (Lipinski definition) is 0. The molecule has 0 unspecified atom stereocenters. The predicted molar refractivity (Wildman–Crippen MR) is 120 cm³/mol. The average Bonchev–Trinajstić information content (AvgIpc) is 2.87. The molecule has 0 saturated heterocycles. The fraction of sp³-hybridized carbons (Fsp3) is 0. The van der Waals surface area contributed by atoms with Crippen molar-refractivity contribution in [3.8, 4) is 33.8 Å². The second kappa shape index (κ2) is 11.7. The number of pyridine rings is 1. The number of benzene rings is 3. The van der Waals surface area contributed by atoms with E-state index in [0.29, 0.717) is 0 Å². The first-order valence-corrected chi connectivity index (χ1v) is 9.63. The first-order chi connectivity index (χ1) is 14.9. The van der Waals surface area contributed by atoms with Gasteiger partial charge in [0, 0.05) is 26.3 Å². The zero-order valence-corrected chi connectivity index (χ0v) is 19.0. The maximum Gasteiger partial charge on any atom is 0.106 e. The molecule has 3 nitrogen and oxygen atoms in total. The second-order valence-corrected chi connectivity index (χ2v) is 6.42. The Labute approximate surface area is 196 Å². The molecule has 0 N–H and O–H groups in total. The van der Waals surface area contributed by atoms with Gasteiger partial charge in [-0.3, -0.25) is 4.98 Å². The molecule has 0 saturated carbocycles. The monoisotopic (exact) mass is 578 g/mol. The van der Waals surface area contributed by atoms with Crippen LogP contribution in [0, 0.1) is 12.1 Å². The molecule has 0 spiro atoms. The van der Waals surface area contributed by atoms with Crippen LogP contribution in [0.25, 0.3) is 33.8 Å². The summed E-state index contributed by atoms with van der Waals surface area (Å²) in [4.78, 5) is 12.8. The minimum absolute atomic E-state index is 0. The first-order valence-electron chi connectivity index (χ1n) is 9.63. The van der Waals surface area contributed by atoms with Gasteiger partial charge in [-0.05, 0) is 23.0 Å². The van der Waals surface area contributed by atoms with Crippen LogP contribution in [-0.2, 0) is 20.1 Å².